The number of carbonyl (C=O) groups excluding carboxylic acids is 2. The molecular formula is C22H19N3O9S. The Kier molecular flexibility index (Phi) is 6.26. The maximum atomic E-state index is 12.9. The first-order chi connectivity index (χ1) is 16.6. The van der Waals surface area contributed by atoms with Crippen molar-refractivity contribution in [2.75, 3.05) is 12.4 Å². The van der Waals surface area contributed by atoms with Crippen LogP contribution in [-0.4, -0.2) is 64.9 Å². The number of nitrogens with one attached hydrogen (secondary N) is 1. The topological polar surface area (TPSA) is 173 Å². The lowest BCUT2D eigenvalue weighted by molar-refractivity contribution is -0.384. The molecule has 0 spiro atoms. The second kappa shape index (κ2) is 9.18. The highest BCUT2D eigenvalue weighted by Crippen LogP contribution is 2.37. The van der Waals surface area contributed by atoms with Crippen molar-refractivity contribution >= 4 is 33.3 Å². The van der Waals surface area contributed by atoms with Gasteiger partial charge in [0.05, 0.1) is 17.1 Å². The van der Waals surface area contributed by atoms with Gasteiger partial charge in [0.15, 0.2) is 15.2 Å². The predicted molar refractivity (Wildman–Crippen MR) is 120 cm³/mol. The highest BCUT2D eigenvalue weighted by atomic mass is 32.2. The fourth-order valence-electron chi connectivity index (χ4n) is 3.97. The Balaban J connectivity index is 1.52. The molecule has 1 fully saturated rings. The number of amides is 2. The van der Waals surface area contributed by atoms with E-state index in [0.29, 0.717) is 10.5 Å². The van der Waals surface area contributed by atoms with E-state index in [0.717, 1.165) is 0 Å². The Morgan fingerprint density at radius 1 is 1.14 bits per heavy atom. The number of nitro groups is 1. The molecule has 2 aromatic carbocycles. The fourth-order valence-corrected chi connectivity index (χ4v) is 5.98. The highest BCUT2D eigenvalue weighted by Gasteiger charge is 2.60. The number of benzene rings is 2. The molecule has 0 saturated carbocycles. The molecule has 182 valence electrons. The summed E-state index contributed by atoms with van der Waals surface area (Å²) in [5.41, 5.74) is -0.200. The summed E-state index contributed by atoms with van der Waals surface area (Å²) in [7, 11) is -4.06. The van der Waals surface area contributed by atoms with E-state index in [1.54, 1.807) is 30.3 Å². The normalized spacial score (nSPS) is 20.5. The lowest BCUT2D eigenvalue weighted by Crippen LogP contribution is -2.75. The number of hydrogen-bond acceptors (Lipinski definition) is 8. The second-order valence-corrected chi connectivity index (χ2v) is 10.0. The van der Waals surface area contributed by atoms with Crippen molar-refractivity contribution in [1.29, 1.82) is 0 Å². The largest absolute Gasteiger partial charge is 0.489 e. The van der Waals surface area contributed by atoms with Crippen LogP contribution in [-0.2, 0) is 30.6 Å². The van der Waals surface area contributed by atoms with E-state index in [1.165, 1.54) is 24.3 Å². The number of nitro benzene ring substituents is 1. The zero-order chi connectivity index (χ0) is 25.3. The molecule has 1 saturated heterocycles. The summed E-state index contributed by atoms with van der Waals surface area (Å²) < 4.78 is 31.3. The second-order valence-electron chi connectivity index (χ2n) is 7.91. The SMILES string of the molecule is O=C(Cc1ccccc1)N[C@@H]1C(=O)N2C(C(=O)O)=C(COc3ccc([N+](=O)[O-])cc3)CS(=O)(=O)[C@H]12. The van der Waals surface area contributed by atoms with Gasteiger partial charge < -0.3 is 15.2 Å². The van der Waals surface area contributed by atoms with Crippen molar-refractivity contribution in [3.05, 3.63) is 81.5 Å². The standard InChI is InChI=1S/C22H19N3O9S/c26-17(10-13-4-2-1-3-5-13)23-18-20(27)24-19(22(28)29)14(12-35(32,33)21(18)24)11-34-16-8-6-15(7-9-16)25(30)31/h1-9,18,21H,10-12H2,(H,23,26)(H,28,29)/t18-,21-/m1/s1. The number of fused-ring (bicyclic) bond motifs is 1. The molecule has 4 rings (SSSR count). The van der Waals surface area contributed by atoms with E-state index in [4.69, 9.17) is 4.74 Å². The first-order valence-corrected chi connectivity index (χ1v) is 12.0. The quantitative estimate of drug-likeness (QED) is 0.299. The maximum absolute atomic E-state index is 12.9. The third-order valence-electron chi connectivity index (χ3n) is 5.55. The molecule has 2 heterocycles. The van der Waals surface area contributed by atoms with Gasteiger partial charge in [-0.3, -0.25) is 24.6 Å². The molecule has 2 aliphatic rings. The van der Waals surface area contributed by atoms with Crippen LogP contribution < -0.4 is 10.1 Å². The van der Waals surface area contributed by atoms with Crippen LogP contribution in [0, 0.1) is 10.1 Å². The van der Waals surface area contributed by atoms with Crippen LogP contribution in [0.2, 0.25) is 0 Å². The average Bonchev–Trinajstić information content (AvgIpc) is 2.81. The van der Waals surface area contributed by atoms with Crippen LogP contribution >= 0.6 is 0 Å². The molecule has 12 nitrogen and oxygen atoms in total. The van der Waals surface area contributed by atoms with Gasteiger partial charge in [-0.05, 0) is 17.7 Å². The molecule has 0 aromatic heterocycles. The Hall–Kier alpha value is -4.26. The molecule has 0 unspecified atom stereocenters. The number of carbonyl (C=O) groups is 3. The van der Waals surface area contributed by atoms with Gasteiger partial charge in [-0.1, -0.05) is 30.3 Å². The van der Waals surface area contributed by atoms with Crippen LogP contribution in [0.25, 0.3) is 0 Å². The highest BCUT2D eigenvalue weighted by molar-refractivity contribution is 7.92. The average molecular weight is 501 g/mol. The van der Waals surface area contributed by atoms with Crippen molar-refractivity contribution in [2.45, 2.75) is 17.8 Å². The zero-order valence-electron chi connectivity index (χ0n) is 18.0. The lowest BCUT2D eigenvalue weighted by Gasteiger charge is -2.49. The van der Waals surface area contributed by atoms with Gasteiger partial charge in [-0.25, -0.2) is 13.2 Å². The third kappa shape index (κ3) is 4.71. The molecule has 2 amide bonds. The number of β-lactam (4-membered cyclic amide) rings is 1. The summed E-state index contributed by atoms with van der Waals surface area (Å²) in [5, 5.41) is 21.3. The summed E-state index contributed by atoms with van der Waals surface area (Å²) >= 11 is 0. The first-order valence-electron chi connectivity index (χ1n) is 10.3. The van der Waals surface area contributed by atoms with Gasteiger partial charge in [0.25, 0.3) is 11.6 Å². The molecule has 0 aliphatic carbocycles. The number of rotatable bonds is 8. The molecular weight excluding hydrogens is 482 g/mol. The van der Waals surface area contributed by atoms with Crippen LogP contribution in [0.3, 0.4) is 0 Å². The maximum Gasteiger partial charge on any atom is 0.352 e. The van der Waals surface area contributed by atoms with Gasteiger partial charge >= 0.3 is 5.97 Å². The summed E-state index contributed by atoms with van der Waals surface area (Å²) in [6.07, 6.45) is -0.0760. The fraction of sp³-hybridized carbons (Fsp3) is 0.227. The number of carboxylic acid groups (broad SMARTS) is 1. The summed E-state index contributed by atoms with van der Waals surface area (Å²) in [5.74, 6) is -3.49. The molecule has 35 heavy (non-hydrogen) atoms. The Bertz CT molecular complexity index is 1340. The van der Waals surface area contributed by atoms with E-state index in [-0.39, 0.29) is 23.4 Å². The number of non-ortho nitro benzene ring substituents is 1. The number of aliphatic carboxylic acids is 1. The van der Waals surface area contributed by atoms with Gasteiger partial charge in [0.1, 0.15) is 24.1 Å². The smallest absolute Gasteiger partial charge is 0.352 e. The molecule has 0 bridgehead atoms. The van der Waals surface area contributed by atoms with Crippen molar-refractivity contribution in [1.82, 2.24) is 10.2 Å². The van der Waals surface area contributed by atoms with Crippen molar-refractivity contribution < 1.29 is 37.6 Å². The van der Waals surface area contributed by atoms with Gasteiger partial charge in [-0.15, -0.1) is 0 Å². The number of ether oxygens (including phenoxy) is 1. The number of hydrogen-bond donors (Lipinski definition) is 2. The number of nitrogens with zero attached hydrogens (tertiary/aromatic N) is 2. The molecule has 2 atom stereocenters. The predicted octanol–water partition coefficient (Wildman–Crippen LogP) is 0.636. The lowest BCUT2D eigenvalue weighted by atomic mass is 10.0. The minimum Gasteiger partial charge on any atom is -0.489 e. The van der Waals surface area contributed by atoms with Crippen LogP contribution in [0.15, 0.2) is 65.9 Å². The van der Waals surface area contributed by atoms with Crippen LogP contribution in [0.5, 0.6) is 5.75 Å². The Labute approximate surface area is 198 Å². The molecule has 0 radical (unpaired) electrons. The molecule has 2 N–H and O–H groups in total. The summed E-state index contributed by atoms with van der Waals surface area (Å²) in [6, 6.07) is 12.2. The summed E-state index contributed by atoms with van der Waals surface area (Å²) in [4.78, 5) is 47.9. The Morgan fingerprint density at radius 2 is 1.80 bits per heavy atom. The third-order valence-corrected chi connectivity index (χ3v) is 7.52. The monoisotopic (exact) mass is 501 g/mol. The molecule has 2 aliphatic heterocycles. The zero-order valence-corrected chi connectivity index (χ0v) is 18.8. The summed E-state index contributed by atoms with van der Waals surface area (Å²) in [6.45, 7) is -0.472. The molecule has 2 aromatic rings. The van der Waals surface area contributed by atoms with E-state index in [9.17, 15) is 38.0 Å². The van der Waals surface area contributed by atoms with E-state index < -0.39 is 62.0 Å². The van der Waals surface area contributed by atoms with Gasteiger partial charge in [-0.2, -0.15) is 0 Å². The number of carboxylic acids is 1. The van der Waals surface area contributed by atoms with Crippen LogP contribution in [0.4, 0.5) is 5.69 Å². The first kappa shape index (κ1) is 23.9. The van der Waals surface area contributed by atoms with Gasteiger partial charge in [0, 0.05) is 17.7 Å². The van der Waals surface area contributed by atoms with Crippen molar-refractivity contribution in [2.24, 2.45) is 0 Å². The van der Waals surface area contributed by atoms with E-state index in [1.807, 2.05) is 0 Å². The van der Waals surface area contributed by atoms with Crippen LogP contribution in [0.1, 0.15) is 5.56 Å². The van der Waals surface area contributed by atoms with E-state index >= 15 is 0 Å². The number of sulfone groups is 1. The van der Waals surface area contributed by atoms with E-state index in [2.05, 4.69) is 5.32 Å². The Morgan fingerprint density at radius 3 is 2.40 bits per heavy atom. The molecule has 13 heteroatoms. The van der Waals surface area contributed by atoms with Gasteiger partial charge in [0.2, 0.25) is 5.91 Å². The minimum absolute atomic E-state index is 0.0760. The van der Waals surface area contributed by atoms with Crippen molar-refractivity contribution in [3.63, 3.8) is 0 Å². The van der Waals surface area contributed by atoms with Crippen molar-refractivity contribution in [3.8, 4) is 5.75 Å². The minimum atomic E-state index is -4.06.